The molecule has 0 spiro atoms. The summed E-state index contributed by atoms with van der Waals surface area (Å²) in [6, 6.07) is 5.41. The van der Waals surface area contributed by atoms with Gasteiger partial charge in [-0.2, -0.15) is 0 Å². The van der Waals surface area contributed by atoms with Gasteiger partial charge in [0.2, 0.25) is 0 Å². The molecular formula is C10H8N2O. The fourth-order valence-electron chi connectivity index (χ4n) is 1.13. The van der Waals surface area contributed by atoms with Gasteiger partial charge in [0.1, 0.15) is 5.75 Å². The van der Waals surface area contributed by atoms with Gasteiger partial charge in [0.05, 0.1) is 6.20 Å². The van der Waals surface area contributed by atoms with Crippen molar-refractivity contribution in [2.24, 2.45) is 0 Å². The summed E-state index contributed by atoms with van der Waals surface area (Å²) in [5.41, 5.74) is 1.89. The molecule has 0 unspecified atom stereocenters. The van der Waals surface area contributed by atoms with E-state index in [4.69, 9.17) is 0 Å². The highest BCUT2D eigenvalue weighted by atomic mass is 16.3. The number of rotatable bonds is 1. The first-order valence-electron chi connectivity index (χ1n) is 3.91. The summed E-state index contributed by atoms with van der Waals surface area (Å²) in [5, 5.41) is 9.20. The summed E-state index contributed by atoms with van der Waals surface area (Å²) in [5.74, 6) is 0.175. The summed E-state index contributed by atoms with van der Waals surface area (Å²) >= 11 is 0. The van der Waals surface area contributed by atoms with Crippen LogP contribution in [0.5, 0.6) is 5.75 Å². The Bertz CT molecular complexity index is 401. The average molecular weight is 172 g/mol. The molecule has 2 aromatic heterocycles. The third-order valence-corrected chi connectivity index (χ3v) is 1.74. The van der Waals surface area contributed by atoms with Gasteiger partial charge in [-0.05, 0) is 23.8 Å². The zero-order chi connectivity index (χ0) is 9.10. The van der Waals surface area contributed by atoms with Crippen molar-refractivity contribution in [1.82, 2.24) is 9.97 Å². The number of hydrogen-bond donors (Lipinski definition) is 1. The molecule has 0 aliphatic heterocycles. The molecule has 0 aliphatic rings. The highest BCUT2D eigenvalue weighted by molar-refractivity contribution is 5.62. The van der Waals surface area contributed by atoms with E-state index in [-0.39, 0.29) is 5.75 Å². The number of nitrogens with zero attached hydrogens (tertiary/aromatic N) is 2. The lowest BCUT2D eigenvalue weighted by atomic mass is 10.1. The first kappa shape index (κ1) is 7.73. The summed E-state index contributed by atoms with van der Waals surface area (Å²) in [4.78, 5) is 7.80. The maximum atomic E-state index is 9.20. The van der Waals surface area contributed by atoms with Crippen LogP contribution in [0.25, 0.3) is 11.1 Å². The fraction of sp³-hybridized carbons (Fsp3) is 0. The molecule has 0 saturated carbocycles. The van der Waals surface area contributed by atoms with Crippen molar-refractivity contribution in [2.75, 3.05) is 0 Å². The van der Waals surface area contributed by atoms with Crippen LogP contribution in [-0.2, 0) is 0 Å². The van der Waals surface area contributed by atoms with Gasteiger partial charge < -0.3 is 5.11 Å². The van der Waals surface area contributed by atoms with Crippen LogP contribution in [0.1, 0.15) is 0 Å². The SMILES string of the molecule is Oc1cncc(-c2ccncc2)c1. The molecule has 0 aliphatic carbocycles. The molecule has 2 heterocycles. The van der Waals surface area contributed by atoms with Crippen LogP contribution in [0.3, 0.4) is 0 Å². The molecule has 3 nitrogen and oxygen atoms in total. The van der Waals surface area contributed by atoms with Crippen LogP contribution in [0.15, 0.2) is 43.0 Å². The molecule has 0 amide bonds. The smallest absolute Gasteiger partial charge is 0.134 e. The monoisotopic (exact) mass is 172 g/mol. The lowest BCUT2D eigenvalue weighted by molar-refractivity contribution is 0.473. The number of hydrogen-bond acceptors (Lipinski definition) is 3. The Kier molecular flexibility index (Phi) is 1.92. The zero-order valence-corrected chi connectivity index (χ0v) is 6.88. The molecule has 0 aromatic carbocycles. The third kappa shape index (κ3) is 1.64. The summed E-state index contributed by atoms with van der Waals surface area (Å²) < 4.78 is 0. The molecule has 13 heavy (non-hydrogen) atoms. The van der Waals surface area contributed by atoms with Crippen LogP contribution >= 0.6 is 0 Å². The van der Waals surface area contributed by atoms with Crippen molar-refractivity contribution in [1.29, 1.82) is 0 Å². The van der Waals surface area contributed by atoms with E-state index >= 15 is 0 Å². The van der Waals surface area contributed by atoms with Gasteiger partial charge in [0.15, 0.2) is 0 Å². The van der Waals surface area contributed by atoms with E-state index in [9.17, 15) is 5.11 Å². The fourth-order valence-corrected chi connectivity index (χ4v) is 1.13. The molecule has 2 rings (SSSR count). The number of pyridine rings is 2. The molecule has 0 bridgehead atoms. The average Bonchev–Trinajstić information content (AvgIpc) is 2.19. The quantitative estimate of drug-likeness (QED) is 0.714. The van der Waals surface area contributed by atoms with E-state index in [1.165, 1.54) is 6.20 Å². The third-order valence-electron chi connectivity index (χ3n) is 1.74. The van der Waals surface area contributed by atoms with Gasteiger partial charge in [-0.1, -0.05) is 0 Å². The van der Waals surface area contributed by atoms with E-state index in [0.717, 1.165) is 11.1 Å². The predicted octanol–water partition coefficient (Wildman–Crippen LogP) is 1.85. The van der Waals surface area contributed by atoms with E-state index in [0.29, 0.717) is 0 Å². The molecule has 1 N–H and O–H groups in total. The molecule has 0 radical (unpaired) electrons. The Hall–Kier alpha value is -1.90. The number of aromatic nitrogens is 2. The Labute approximate surface area is 75.7 Å². The first-order chi connectivity index (χ1) is 6.36. The second-order valence-corrected chi connectivity index (χ2v) is 2.67. The van der Waals surface area contributed by atoms with Crippen LogP contribution < -0.4 is 0 Å². The predicted molar refractivity (Wildman–Crippen MR) is 49.1 cm³/mol. The summed E-state index contributed by atoms with van der Waals surface area (Å²) in [7, 11) is 0. The van der Waals surface area contributed by atoms with Crippen molar-refractivity contribution in [3.63, 3.8) is 0 Å². The van der Waals surface area contributed by atoms with Crippen LogP contribution in [-0.4, -0.2) is 15.1 Å². The largest absolute Gasteiger partial charge is 0.506 e. The maximum Gasteiger partial charge on any atom is 0.134 e. The van der Waals surface area contributed by atoms with Crippen molar-refractivity contribution in [3.05, 3.63) is 43.0 Å². The molecule has 2 aromatic rings. The first-order valence-corrected chi connectivity index (χ1v) is 3.91. The Morgan fingerprint density at radius 3 is 2.38 bits per heavy atom. The minimum Gasteiger partial charge on any atom is -0.506 e. The van der Waals surface area contributed by atoms with Crippen molar-refractivity contribution in [2.45, 2.75) is 0 Å². The second-order valence-electron chi connectivity index (χ2n) is 2.67. The van der Waals surface area contributed by atoms with Gasteiger partial charge in [-0.15, -0.1) is 0 Å². The maximum absolute atomic E-state index is 9.20. The lowest BCUT2D eigenvalue weighted by Crippen LogP contribution is -1.79. The molecule has 3 heteroatoms. The highest BCUT2D eigenvalue weighted by Gasteiger charge is 1.97. The summed E-state index contributed by atoms with van der Waals surface area (Å²) in [6.07, 6.45) is 6.53. The van der Waals surface area contributed by atoms with Crippen LogP contribution in [0.2, 0.25) is 0 Å². The molecule has 64 valence electrons. The topological polar surface area (TPSA) is 46.0 Å². The van der Waals surface area contributed by atoms with E-state index in [1.54, 1.807) is 24.7 Å². The van der Waals surface area contributed by atoms with E-state index in [2.05, 4.69) is 9.97 Å². The van der Waals surface area contributed by atoms with Gasteiger partial charge in [0.25, 0.3) is 0 Å². The van der Waals surface area contributed by atoms with Gasteiger partial charge in [0, 0.05) is 24.2 Å². The second kappa shape index (κ2) is 3.23. The van der Waals surface area contributed by atoms with Gasteiger partial charge in [-0.25, -0.2) is 0 Å². The number of aromatic hydroxyl groups is 1. The minimum atomic E-state index is 0.175. The molecule has 0 saturated heterocycles. The van der Waals surface area contributed by atoms with Gasteiger partial charge >= 0.3 is 0 Å². The Morgan fingerprint density at radius 2 is 1.69 bits per heavy atom. The van der Waals surface area contributed by atoms with Crippen molar-refractivity contribution in [3.8, 4) is 16.9 Å². The minimum absolute atomic E-state index is 0.175. The Morgan fingerprint density at radius 1 is 0.923 bits per heavy atom. The van der Waals surface area contributed by atoms with E-state index in [1.807, 2.05) is 12.1 Å². The van der Waals surface area contributed by atoms with Crippen LogP contribution in [0, 0.1) is 0 Å². The van der Waals surface area contributed by atoms with E-state index < -0.39 is 0 Å². The van der Waals surface area contributed by atoms with Gasteiger partial charge in [-0.3, -0.25) is 9.97 Å². The standard InChI is InChI=1S/C10H8N2O/c13-10-5-9(6-12-7-10)8-1-3-11-4-2-8/h1-7,13H. The van der Waals surface area contributed by atoms with Crippen molar-refractivity contribution < 1.29 is 5.11 Å². The van der Waals surface area contributed by atoms with Crippen LogP contribution in [0.4, 0.5) is 0 Å². The lowest BCUT2D eigenvalue weighted by Gasteiger charge is -1.99. The van der Waals surface area contributed by atoms with Crippen molar-refractivity contribution >= 4 is 0 Å². The molecule has 0 fully saturated rings. The molecule has 0 atom stereocenters. The highest BCUT2D eigenvalue weighted by Crippen LogP contribution is 2.20. The molecular weight excluding hydrogens is 164 g/mol. The zero-order valence-electron chi connectivity index (χ0n) is 6.88. The normalized spacial score (nSPS) is 9.85. The Balaban J connectivity index is 2.48. The summed E-state index contributed by atoms with van der Waals surface area (Å²) in [6.45, 7) is 0.